The maximum atomic E-state index is 12.1. The molecule has 0 spiro atoms. The molecule has 2 aromatic rings. The van der Waals surface area contributed by atoms with Gasteiger partial charge in [-0.3, -0.25) is 9.59 Å². The molecule has 0 aliphatic heterocycles. The van der Waals surface area contributed by atoms with Crippen LogP contribution in [0.4, 0.5) is 0 Å². The van der Waals surface area contributed by atoms with Gasteiger partial charge >= 0.3 is 0 Å². The fraction of sp³-hybridized carbons (Fsp3) is 0.286. The zero-order valence-electron chi connectivity index (χ0n) is 11.0. The van der Waals surface area contributed by atoms with E-state index in [4.69, 9.17) is 22.1 Å². The van der Waals surface area contributed by atoms with E-state index in [0.717, 1.165) is 0 Å². The van der Waals surface area contributed by atoms with Crippen molar-refractivity contribution in [3.8, 4) is 5.75 Å². The molecule has 2 rings (SSSR count). The molecule has 0 saturated carbocycles. The van der Waals surface area contributed by atoms with Gasteiger partial charge in [-0.15, -0.1) is 11.6 Å². The second kappa shape index (κ2) is 5.96. The topological polar surface area (TPSA) is 85.2 Å². The number of benzene rings is 1. The van der Waals surface area contributed by atoms with E-state index in [1.54, 1.807) is 18.2 Å². The number of amides is 1. The Hall–Kier alpha value is -2.01. The van der Waals surface area contributed by atoms with Crippen molar-refractivity contribution in [3.05, 3.63) is 40.2 Å². The number of nitrogens with two attached hydrogens (primary N) is 1. The summed E-state index contributed by atoms with van der Waals surface area (Å²) >= 11 is 5.67. The fourth-order valence-corrected chi connectivity index (χ4v) is 2.34. The third kappa shape index (κ3) is 2.77. The van der Waals surface area contributed by atoms with Gasteiger partial charge in [-0.1, -0.05) is 0 Å². The molecule has 20 heavy (non-hydrogen) atoms. The first-order valence-electron chi connectivity index (χ1n) is 6.13. The van der Waals surface area contributed by atoms with Gasteiger partial charge in [-0.05, 0) is 24.6 Å². The number of hydrogen-bond acceptors (Lipinski definition) is 3. The number of carbonyl (C=O) groups excluding carboxylic acids is 1. The van der Waals surface area contributed by atoms with E-state index in [1.165, 1.54) is 13.2 Å². The Labute approximate surface area is 120 Å². The number of carbonyl (C=O) groups is 1. The second-order valence-corrected chi connectivity index (χ2v) is 4.81. The quantitative estimate of drug-likeness (QED) is 0.824. The van der Waals surface area contributed by atoms with E-state index < -0.39 is 11.8 Å². The highest BCUT2D eigenvalue weighted by molar-refractivity contribution is 6.18. The number of pyridine rings is 1. The number of fused-ring (bicyclic) bond motifs is 1. The second-order valence-electron chi connectivity index (χ2n) is 4.43. The SMILES string of the molecule is COc1ccc2[nH]c([C@@H](CCCl)C(N)=O)cc(=O)c2c1. The first kappa shape index (κ1) is 14.4. The maximum absolute atomic E-state index is 12.1. The van der Waals surface area contributed by atoms with E-state index in [2.05, 4.69) is 4.98 Å². The Kier molecular flexibility index (Phi) is 4.29. The van der Waals surface area contributed by atoms with Gasteiger partial charge < -0.3 is 15.5 Å². The summed E-state index contributed by atoms with van der Waals surface area (Å²) in [6.45, 7) is 0. The third-order valence-corrected chi connectivity index (χ3v) is 3.39. The number of H-pyrrole nitrogens is 1. The number of alkyl halides is 1. The van der Waals surface area contributed by atoms with Crippen LogP contribution in [0.1, 0.15) is 18.0 Å². The van der Waals surface area contributed by atoms with Crippen molar-refractivity contribution in [1.82, 2.24) is 4.98 Å². The van der Waals surface area contributed by atoms with Crippen molar-refractivity contribution in [2.45, 2.75) is 12.3 Å². The Morgan fingerprint density at radius 1 is 1.45 bits per heavy atom. The summed E-state index contributed by atoms with van der Waals surface area (Å²) in [6, 6.07) is 6.52. The Bertz CT molecular complexity index is 696. The number of nitrogens with one attached hydrogen (secondary N) is 1. The molecule has 1 heterocycles. The van der Waals surface area contributed by atoms with Crippen LogP contribution in [0.2, 0.25) is 0 Å². The number of aromatic nitrogens is 1. The molecule has 6 heteroatoms. The summed E-state index contributed by atoms with van der Waals surface area (Å²) in [5.41, 5.74) is 6.29. The van der Waals surface area contributed by atoms with Crippen molar-refractivity contribution in [1.29, 1.82) is 0 Å². The standard InChI is InChI=1S/C14H15ClN2O3/c1-20-8-2-3-11-10(6-8)13(18)7-12(17-11)9(4-5-15)14(16)19/h2-3,6-7,9H,4-5H2,1H3,(H2,16,19)(H,17,18)/t9-/m1/s1. The molecule has 0 saturated heterocycles. The van der Waals surface area contributed by atoms with Crippen molar-refractivity contribution >= 4 is 28.4 Å². The van der Waals surface area contributed by atoms with Crippen LogP contribution < -0.4 is 15.9 Å². The highest BCUT2D eigenvalue weighted by atomic mass is 35.5. The van der Waals surface area contributed by atoms with Crippen LogP contribution in [-0.2, 0) is 4.79 Å². The summed E-state index contributed by atoms with van der Waals surface area (Å²) in [5, 5.41) is 0.502. The van der Waals surface area contributed by atoms with Crippen molar-refractivity contribution in [2.75, 3.05) is 13.0 Å². The maximum Gasteiger partial charge on any atom is 0.226 e. The van der Waals surface area contributed by atoms with E-state index >= 15 is 0 Å². The fourth-order valence-electron chi connectivity index (χ4n) is 2.12. The molecule has 1 aromatic carbocycles. The summed E-state index contributed by atoms with van der Waals surface area (Å²) < 4.78 is 5.09. The Balaban J connectivity index is 2.57. The van der Waals surface area contributed by atoms with E-state index in [0.29, 0.717) is 28.8 Å². The van der Waals surface area contributed by atoms with Crippen molar-refractivity contribution in [3.63, 3.8) is 0 Å². The molecular formula is C14H15ClN2O3. The van der Waals surface area contributed by atoms with Gasteiger partial charge in [0.05, 0.1) is 13.0 Å². The summed E-state index contributed by atoms with van der Waals surface area (Å²) in [7, 11) is 1.54. The average molecular weight is 295 g/mol. The predicted molar refractivity (Wildman–Crippen MR) is 78.4 cm³/mol. The Morgan fingerprint density at radius 3 is 2.80 bits per heavy atom. The highest BCUT2D eigenvalue weighted by Gasteiger charge is 2.19. The normalized spacial score (nSPS) is 12.3. The summed E-state index contributed by atoms with van der Waals surface area (Å²) in [4.78, 5) is 26.7. The number of rotatable bonds is 5. The van der Waals surface area contributed by atoms with Crippen LogP contribution in [0, 0.1) is 0 Å². The van der Waals surface area contributed by atoms with Gasteiger partial charge in [0, 0.05) is 28.5 Å². The molecule has 0 aliphatic carbocycles. The molecule has 0 aliphatic rings. The molecule has 1 amide bonds. The lowest BCUT2D eigenvalue weighted by Gasteiger charge is -2.13. The predicted octanol–water partition coefficient (Wildman–Crippen LogP) is 1.73. The minimum Gasteiger partial charge on any atom is -0.497 e. The zero-order valence-corrected chi connectivity index (χ0v) is 11.7. The number of aromatic amines is 1. The molecule has 1 aromatic heterocycles. The van der Waals surface area contributed by atoms with Crippen LogP contribution in [-0.4, -0.2) is 23.9 Å². The molecule has 3 N–H and O–H groups in total. The van der Waals surface area contributed by atoms with E-state index in [-0.39, 0.29) is 11.3 Å². The van der Waals surface area contributed by atoms with Gasteiger partial charge in [0.1, 0.15) is 5.75 Å². The van der Waals surface area contributed by atoms with Crippen LogP contribution >= 0.6 is 11.6 Å². The Morgan fingerprint density at radius 2 is 2.20 bits per heavy atom. The zero-order chi connectivity index (χ0) is 14.7. The number of hydrogen-bond donors (Lipinski definition) is 2. The van der Waals surface area contributed by atoms with Gasteiger partial charge in [0.15, 0.2) is 5.43 Å². The van der Waals surface area contributed by atoms with Gasteiger partial charge in [-0.2, -0.15) is 0 Å². The van der Waals surface area contributed by atoms with E-state index in [1.807, 2.05) is 0 Å². The van der Waals surface area contributed by atoms with Crippen LogP contribution in [0.3, 0.4) is 0 Å². The molecule has 0 unspecified atom stereocenters. The summed E-state index contributed by atoms with van der Waals surface area (Å²) in [5.74, 6) is -0.208. The largest absolute Gasteiger partial charge is 0.497 e. The van der Waals surface area contributed by atoms with Crippen molar-refractivity contribution in [2.24, 2.45) is 5.73 Å². The lowest BCUT2D eigenvalue weighted by Crippen LogP contribution is -2.24. The van der Waals surface area contributed by atoms with Crippen LogP contribution in [0.15, 0.2) is 29.1 Å². The minimum absolute atomic E-state index is 0.187. The smallest absolute Gasteiger partial charge is 0.226 e. The monoisotopic (exact) mass is 294 g/mol. The number of methoxy groups -OCH3 is 1. The van der Waals surface area contributed by atoms with Gasteiger partial charge in [0.25, 0.3) is 0 Å². The van der Waals surface area contributed by atoms with Crippen LogP contribution in [0.25, 0.3) is 10.9 Å². The lowest BCUT2D eigenvalue weighted by molar-refractivity contribution is -0.119. The molecular weight excluding hydrogens is 280 g/mol. The molecule has 0 bridgehead atoms. The molecule has 106 valence electrons. The molecule has 5 nitrogen and oxygen atoms in total. The van der Waals surface area contributed by atoms with Gasteiger partial charge in [0.2, 0.25) is 5.91 Å². The number of halogens is 1. The van der Waals surface area contributed by atoms with Gasteiger partial charge in [-0.25, -0.2) is 0 Å². The molecule has 1 atom stereocenters. The number of primary amides is 1. The third-order valence-electron chi connectivity index (χ3n) is 3.17. The molecule has 0 fully saturated rings. The first-order valence-corrected chi connectivity index (χ1v) is 6.66. The lowest BCUT2D eigenvalue weighted by atomic mass is 10.00. The minimum atomic E-state index is -0.591. The van der Waals surface area contributed by atoms with Crippen LogP contribution in [0.5, 0.6) is 5.75 Å². The average Bonchev–Trinajstić information content (AvgIpc) is 2.44. The number of ether oxygens (including phenoxy) is 1. The molecule has 0 radical (unpaired) electrons. The highest BCUT2D eigenvalue weighted by Crippen LogP contribution is 2.21. The first-order chi connectivity index (χ1) is 9.56. The summed E-state index contributed by atoms with van der Waals surface area (Å²) in [6.07, 6.45) is 0.383. The van der Waals surface area contributed by atoms with Crippen molar-refractivity contribution < 1.29 is 9.53 Å². The van der Waals surface area contributed by atoms with E-state index in [9.17, 15) is 9.59 Å².